The minimum Gasteiger partial charge on any atom is -0.498 e. The number of rotatable bonds is 10. The van der Waals surface area contributed by atoms with Crippen molar-refractivity contribution < 1.29 is 29.6 Å². The summed E-state index contributed by atoms with van der Waals surface area (Å²) in [4.78, 5) is 13.1. The van der Waals surface area contributed by atoms with Gasteiger partial charge in [0.25, 0.3) is 0 Å². The predicted octanol–water partition coefficient (Wildman–Crippen LogP) is 12.5. The topological polar surface area (TPSA) is 96.2 Å². The second-order valence-corrected chi connectivity index (χ2v) is 41.5. The first kappa shape index (κ1) is 50.2. The lowest BCUT2D eigenvalue weighted by atomic mass is 9.46. The second-order valence-electron chi connectivity index (χ2n) is 25.8. The van der Waals surface area contributed by atoms with Crippen molar-refractivity contribution in [1.29, 1.82) is 0 Å². The van der Waals surface area contributed by atoms with E-state index in [0.29, 0.717) is 66.7 Å². The SMILES string of the molecule is CCOC1=CC2=CCC3C(C2CC1)C(O)(CC)C[C@@]1(C[Si](C)(C)C)C3CC[C@@]1(O)C#C[Si](C)(C)C.CCOC1=CC2=CCC3C(C2CC1)C(O)(C[Si](C)(C)C)C[C@]1(CC)C(=O)CCC31. The van der Waals surface area contributed by atoms with Crippen LogP contribution in [0, 0.1) is 69.6 Å². The molecule has 0 heterocycles. The molecule has 8 aliphatic rings. The number of allylic oxidation sites excluding steroid dienone is 8. The van der Waals surface area contributed by atoms with Crippen molar-refractivity contribution in [3.63, 3.8) is 0 Å². The standard InChI is InChI=1S/C30H50O3Si2.C25H40O3Si/c1-9-29(31)20-28(21-35(6,7)8)26(15-16-30(28,32)17-18-34(3,4)5)25-13-11-22-19-23(33-10-2)12-14-24(22)27(25)29;1-6-24-15-25(27,16-29(3,4)5)23-19-11-9-18(28-7-2)14-17(19)8-10-20(23)21(24)12-13-22(24)26/h11,19,24-27,31-32H,9-10,12-16,20-21H2,1-8H3;8,14,19-21,23,27H,6-7,9-13,15-16H2,1-5H3/t24?,25?,26?,27?,28-,29?,30-;19?,20?,21?,23?,24-,25?/m10/s1. The Morgan fingerprint density at radius 3 is 1.67 bits per heavy atom. The monoisotopic (exact) mass is 931 g/mol. The minimum atomic E-state index is -1.64. The maximum Gasteiger partial charge on any atom is 0.139 e. The third-order valence-corrected chi connectivity index (χ3v) is 22.2. The minimum absolute atomic E-state index is 0.263. The average Bonchev–Trinajstić information content (AvgIpc) is 3.67. The highest BCUT2D eigenvalue weighted by molar-refractivity contribution is 6.83. The fourth-order valence-corrected chi connectivity index (χ4v) is 21.7. The Labute approximate surface area is 393 Å². The van der Waals surface area contributed by atoms with Crippen molar-refractivity contribution in [1.82, 2.24) is 0 Å². The van der Waals surface area contributed by atoms with Gasteiger partial charge in [-0.3, -0.25) is 4.79 Å². The lowest BCUT2D eigenvalue weighted by molar-refractivity contribution is -0.188. The van der Waals surface area contributed by atoms with Crippen LogP contribution in [0.15, 0.2) is 47.0 Å². The number of hydrogen-bond donors (Lipinski definition) is 3. The van der Waals surface area contributed by atoms with Gasteiger partial charge in [0.15, 0.2) is 0 Å². The van der Waals surface area contributed by atoms with E-state index in [1.165, 1.54) is 11.1 Å². The first-order valence-corrected chi connectivity index (χ1v) is 37.0. The number of carbonyl (C=O) groups excluding carboxylic acids is 1. The second kappa shape index (κ2) is 18.0. The van der Waals surface area contributed by atoms with Crippen LogP contribution < -0.4 is 0 Å². The summed E-state index contributed by atoms with van der Waals surface area (Å²) in [6.45, 7) is 31.1. The molecular formula is C55H90O6Si3. The predicted molar refractivity (Wildman–Crippen MR) is 272 cm³/mol. The van der Waals surface area contributed by atoms with Gasteiger partial charge in [0, 0.05) is 46.2 Å². The number of fused-ring (bicyclic) bond motifs is 10. The van der Waals surface area contributed by atoms with Crippen molar-refractivity contribution in [2.24, 2.45) is 58.2 Å². The molecule has 0 aliphatic heterocycles. The van der Waals surface area contributed by atoms with Crippen LogP contribution in [0.2, 0.25) is 71.0 Å². The molecule has 13 atom stereocenters. The summed E-state index contributed by atoms with van der Waals surface area (Å²) in [6.07, 6.45) is 22.1. The highest BCUT2D eigenvalue weighted by Gasteiger charge is 2.70. The van der Waals surface area contributed by atoms with E-state index in [4.69, 9.17) is 9.47 Å². The zero-order chi connectivity index (χ0) is 46.9. The van der Waals surface area contributed by atoms with E-state index in [1.54, 1.807) is 0 Å². The van der Waals surface area contributed by atoms with Crippen LogP contribution >= 0.6 is 0 Å². The third kappa shape index (κ3) is 9.27. The van der Waals surface area contributed by atoms with Crippen molar-refractivity contribution in [2.45, 2.75) is 205 Å². The van der Waals surface area contributed by atoms with E-state index >= 15 is 0 Å². The first-order valence-electron chi connectivity index (χ1n) is 26.1. The Balaban J connectivity index is 0.000000195. The van der Waals surface area contributed by atoms with E-state index in [1.807, 2.05) is 6.92 Å². The van der Waals surface area contributed by atoms with Gasteiger partial charge >= 0.3 is 0 Å². The molecule has 0 bridgehead atoms. The molecule has 0 aromatic carbocycles. The Bertz CT molecular complexity index is 1950. The normalized spacial score (nSPS) is 41.3. The summed E-state index contributed by atoms with van der Waals surface area (Å²) in [5.74, 6) is 9.33. The fraction of sp³-hybridized carbons (Fsp3) is 0.800. The van der Waals surface area contributed by atoms with Gasteiger partial charge in [-0.05, 0) is 167 Å². The van der Waals surface area contributed by atoms with Crippen LogP contribution in [-0.4, -0.2) is 75.3 Å². The first-order chi connectivity index (χ1) is 29.8. The Morgan fingerprint density at radius 1 is 0.656 bits per heavy atom. The molecule has 0 spiro atoms. The van der Waals surface area contributed by atoms with Crippen molar-refractivity contribution in [2.75, 3.05) is 13.2 Å². The number of carbonyl (C=O) groups is 1. The molecule has 0 radical (unpaired) electrons. The molecule has 0 aromatic rings. The molecule has 8 rings (SSSR count). The Kier molecular flexibility index (Phi) is 14.1. The lowest BCUT2D eigenvalue weighted by Crippen LogP contribution is -2.64. The van der Waals surface area contributed by atoms with Crippen LogP contribution in [-0.2, 0) is 14.3 Å². The molecule has 3 N–H and O–H groups in total. The molecule has 10 unspecified atom stereocenters. The lowest BCUT2D eigenvalue weighted by Gasteiger charge is -2.62. The zero-order valence-corrected chi connectivity index (χ0v) is 45.7. The van der Waals surface area contributed by atoms with Crippen LogP contribution in [0.25, 0.3) is 0 Å². The fourth-order valence-electron chi connectivity index (χ4n) is 16.4. The van der Waals surface area contributed by atoms with Crippen LogP contribution in [0.4, 0.5) is 0 Å². The molecule has 358 valence electrons. The van der Waals surface area contributed by atoms with Crippen LogP contribution in [0.1, 0.15) is 118 Å². The van der Waals surface area contributed by atoms with Gasteiger partial charge in [-0.1, -0.05) is 90.8 Å². The molecule has 0 aromatic heterocycles. The largest absolute Gasteiger partial charge is 0.498 e. The molecule has 0 saturated heterocycles. The molecule has 9 heteroatoms. The summed E-state index contributed by atoms with van der Waals surface area (Å²) in [7, 11) is -4.70. The van der Waals surface area contributed by atoms with Gasteiger partial charge in [-0.15, -0.1) is 5.54 Å². The van der Waals surface area contributed by atoms with Gasteiger partial charge in [-0.2, -0.15) is 0 Å². The third-order valence-electron chi connectivity index (χ3n) is 18.0. The summed E-state index contributed by atoms with van der Waals surface area (Å²) < 4.78 is 11.7. The van der Waals surface area contributed by atoms with Crippen molar-refractivity contribution >= 4 is 30.0 Å². The van der Waals surface area contributed by atoms with E-state index in [9.17, 15) is 20.1 Å². The summed E-state index contributed by atoms with van der Waals surface area (Å²) >= 11 is 0. The highest BCUT2D eigenvalue weighted by atomic mass is 28.3. The van der Waals surface area contributed by atoms with Gasteiger partial charge in [0.1, 0.15) is 19.5 Å². The number of ether oxygens (including phenoxy) is 2. The van der Waals surface area contributed by atoms with E-state index in [-0.39, 0.29) is 16.7 Å². The van der Waals surface area contributed by atoms with Gasteiger partial charge in [0.05, 0.1) is 35.9 Å². The maximum absolute atomic E-state index is 13.1. The van der Waals surface area contributed by atoms with Crippen molar-refractivity contribution in [3.8, 4) is 11.5 Å². The number of hydrogen-bond acceptors (Lipinski definition) is 6. The molecule has 6 nitrogen and oxygen atoms in total. The highest BCUT2D eigenvalue weighted by Crippen LogP contribution is 2.70. The summed E-state index contributed by atoms with van der Waals surface area (Å²) in [6, 6.07) is 1.96. The maximum atomic E-state index is 13.1. The van der Waals surface area contributed by atoms with E-state index in [2.05, 4.69) is 115 Å². The smallest absolute Gasteiger partial charge is 0.139 e. The molecule has 4 saturated carbocycles. The zero-order valence-electron chi connectivity index (χ0n) is 42.7. The van der Waals surface area contributed by atoms with Crippen molar-refractivity contribution in [3.05, 3.63) is 47.0 Å². The number of ketones is 1. The number of Topliss-reactive ketones (excluding diaryl/α,β-unsaturated/α-hetero) is 1. The number of aliphatic hydroxyl groups is 3. The quantitative estimate of drug-likeness (QED) is 0.149. The molecular weight excluding hydrogens is 841 g/mol. The van der Waals surface area contributed by atoms with Gasteiger partial charge in [0.2, 0.25) is 0 Å². The van der Waals surface area contributed by atoms with E-state index < -0.39 is 41.0 Å². The van der Waals surface area contributed by atoms with E-state index in [0.717, 1.165) is 107 Å². The average molecular weight is 932 g/mol. The summed E-state index contributed by atoms with van der Waals surface area (Å²) in [5.41, 5.74) is 3.32. The van der Waals surface area contributed by atoms with Crippen LogP contribution in [0.5, 0.6) is 0 Å². The van der Waals surface area contributed by atoms with Crippen LogP contribution in [0.3, 0.4) is 0 Å². The Hall–Kier alpha value is -1.68. The van der Waals surface area contributed by atoms with Gasteiger partial charge < -0.3 is 24.8 Å². The molecule has 8 aliphatic carbocycles. The Morgan fingerprint density at radius 2 is 1.19 bits per heavy atom. The molecule has 4 fully saturated rings. The van der Waals surface area contributed by atoms with Gasteiger partial charge in [-0.25, -0.2) is 0 Å². The summed E-state index contributed by atoms with van der Waals surface area (Å²) in [5, 5.41) is 37.3. The molecule has 64 heavy (non-hydrogen) atoms. The molecule has 0 amide bonds.